The number of hydrogen-bond acceptors (Lipinski definition) is 5. The summed E-state index contributed by atoms with van der Waals surface area (Å²) < 4.78 is 7.41. The largest absolute Gasteiger partial charge is 0.378 e. The number of carbonyl (C=O) groups excluding carboxylic acids is 1. The Kier molecular flexibility index (Phi) is 4.37. The Morgan fingerprint density at radius 1 is 1.23 bits per heavy atom. The number of thiophene rings is 1. The summed E-state index contributed by atoms with van der Waals surface area (Å²) in [6.07, 6.45) is 5.14. The van der Waals surface area contributed by atoms with Gasteiger partial charge in [-0.05, 0) is 23.3 Å². The summed E-state index contributed by atoms with van der Waals surface area (Å²) in [4.78, 5) is 20.3. The van der Waals surface area contributed by atoms with Crippen molar-refractivity contribution in [1.29, 1.82) is 0 Å². The zero-order valence-corrected chi connectivity index (χ0v) is 16.3. The molecule has 0 aromatic carbocycles. The normalized spacial score (nSPS) is 19.0. The number of fused-ring (bicyclic) bond motifs is 1. The van der Waals surface area contributed by atoms with Gasteiger partial charge in [-0.3, -0.25) is 4.79 Å². The summed E-state index contributed by atoms with van der Waals surface area (Å²) in [5.41, 5.74) is 2.11. The predicted molar refractivity (Wildman–Crippen MR) is 103 cm³/mol. The van der Waals surface area contributed by atoms with Crippen LogP contribution in [0.15, 0.2) is 12.4 Å². The van der Waals surface area contributed by atoms with Crippen LogP contribution in [-0.2, 0) is 18.2 Å². The highest BCUT2D eigenvalue weighted by Gasteiger charge is 2.36. The molecule has 2 aromatic heterocycles. The van der Waals surface area contributed by atoms with Crippen molar-refractivity contribution in [2.45, 2.75) is 26.7 Å². The number of ether oxygens (including phenoxy) is 1. The maximum atomic E-state index is 12.7. The van der Waals surface area contributed by atoms with Gasteiger partial charge in [0, 0.05) is 39.0 Å². The molecule has 4 rings (SSSR count). The van der Waals surface area contributed by atoms with E-state index in [4.69, 9.17) is 4.74 Å². The third kappa shape index (κ3) is 3.17. The van der Waals surface area contributed by atoms with E-state index < -0.39 is 0 Å². The van der Waals surface area contributed by atoms with E-state index in [0.29, 0.717) is 19.6 Å². The highest BCUT2D eigenvalue weighted by molar-refractivity contribution is 7.18. The maximum Gasteiger partial charge on any atom is 0.185 e. The quantitative estimate of drug-likeness (QED) is 0.725. The molecule has 2 aromatic rings. The first-order valence-corrected chi connectivity index (χ1v) is 9.77. The summed E-state index contributed by atoms with van der Waals surface area (Å²) in [6.45, 7) is 7.44. The molecule has 0 radical (unpaired) electrons. The number of aromatic nitrogens is 2. The molecule has 0 unspecified atom stereocenters. The van der Waals surface area contributed by atoms with Crippen LogP contribution in [0.1, 0.15) is 46.9 Å². The molecule has 0 bridgehead atoms. The summed E-state index contributed by atoms with van der Waals surface area (Å²) in [5.74, 6) is 7.56. The van der Waals surface area contributed by atoms with Crippen LogP contribution >= 0.6 is 11.3 Å². The van der Waals surface area contributed by atoms with Gasteiger partial charge in [-0.1, -0.05) is 19.8 Å². The van der Waals surface area contributed by atoms with Gasteiger partial charge in [-0.15, -0.1) is 11.3 Å². The summed E-state index contributed by atoms with van der Waals surface area (Å²) in [6, 6.07) is 0. The molecule has 0 N–H and O–H groups in total. The highest BCUT2D eigenvalue weighted by atomic mass is 32.1. The molecule has 1 aliphatic heterocycles. The highest BCUT2D eigenvalue weighted by Crippen LogP contribution is 2.44. The topological polar surface area (TPSA) is 47.4 Å². The smallest absolute Gasteiger partial charge is 0.185 e. The Hall–Kier alpha value is -2.10. The SMILES string of the molecule is Cn1ccnc1C#Cc1c(N2CCOCC2)sc2c1CC(C)(C)CC2=O. The average molecular weight is 369 g/mol. The number of morpholine rings is 1. The van der Waals surface area contributed by atoms with E-state index >= 15 is 0 Å². The van der Waals surface area contributed by atoms with Crippen molar-refractivity contribution < 1.29 is 9.53 Å². The van der Waals surface area contributed by atoms with Crippen molar-refractivity contribution in [2.24, 2.45) is 12.5 Å². The van der Waals surface area contributed by atoms with Crippen LogP contribution in [0.4, 0.5) is 5.00 Å². The van der Waals surface area contributed by atoms with Crippen LogP contribution in [0.2, 0.25) is 0 Å². The van der Waals surface area contributed by atoms with Gasteiger partial charge >= 0.3 is 0 Å². The molecular weight excluding hydrogens is 346 g/mol. The van der Waals surface area contributed by atoms with Gasteiger partial charge in [-0.2, -0.15) is 0 Å². The zero-order chi connectivity index (χ0) is 18.3. The van der Waals surface area contributed by atoms with E-state index in [9.17, 15) is 4.79 Å². The van der Waals surface area contributed by atoms with Gasteiger partial charge in [0.1, 0.15) is 5.00 Å². The van der Waals surface area contributed by atoms with Gasteiger partial charge in [0.15, 0.2) is 11.6 Å². The lowest BCUT2D eigenvalue weighted by Crippen LogP contribution is -2.36. The summed E-state index contributed by atoms with van der Waals surface area (Å²) in [7, 11) is 1.94. The third-order valence-corrected chi connectivity index (χ3v) is 6.29. The molecule has 1 fully saturated rings. The molecule has 26 heavy (non-hydrogen) atoms. The number of nitrogens with zero attached hydrogens (tertiary/aromatic N) is 3. The molecule has 0 amide bonds. The Labute approximate surface area is 158 Å². The minimum atomic E-state index is -0.0207. The molecular formula is C20H23N3O2S. The second kappa shape index (κ2) is 6.57. The van der Waals surface area contributed by atoms with Crippen molar-refractivity contribution in [3.8, 4) is 11.8 Å². The Morgan fingerprint density at radius 3 is 2.69 bits per heavy atom. The molecule has 5 nitrogen and oxygen atoms in total. The van der Waals surface area contributed by atoms with Crippen LogP contribution in [0.25, 0.3) is 0 Å². The van der Waals surface area contributed by atoms with Crippen LogP contribution in [0.3, 0.4) is 0 Å². The van der Waals surface area contributed by atoms with Gasteiger partial charge in [0.2, 0.25) is 0 Å². The number of anilines is 1. The minimum absolute atomic E-state index is 0.0207. The molecule has 1 saturated heterocycles. The lowest BCUT2D eigenvalue weighted by molar-refractivity contribution is 0.0917. The Morgan fingerprint density at radius 2 is 2.00 bits per heavy atom. The van der Waals surface area contributed by atoms with Crippen molar-refractivity contribution >= 4 is 22.1 Å². The number of Topliss-reactive ketones (excluding diaryl/α,β-unsaturated/α-hetero) is 1. The van der Waals surface area contributed by atoms with Gasteiger partial charge < -0.3 is 14.2 Å². The van der Waals surface area contributed by atoms with Crippen molar-refractivity contribution in [2.75, 3.05) is 31.2 Å². The van der Waals surface area contributed by atoms with E-state index in [1.165, 1.54) is 0 Å². The molecule has 6 heteroatoms. The number of hydrogen-bond donors (Lipinski definition) is 0. The Bertz CT molecular complexity index is 907. The fourth-order valence-corrected chi connectivity index (χ4v) is 4.89. The molecule has 0 saturated carbocycles. The number of ketones is 1. The van der Waals surface area contributed by atoms with Crippen molar-refractivity contribution in [3.63, 3.8) is 0 Å². The number of rotatable bonds is 1. The fourth-order valence-electron chi connectivity index (χ4n) is 3.62. The minimum Gasteiger partial charge on any atom is -0.378 e. The van der Waals surface area contributed by atoms with E-state index in [-0.39, 0.29) is 11.2 Å². The first-order valence-electron chi connectivity index (χ1n) is 8.95. The second-order valence-corrected chi connectivity index (χ2v) is 8.74. The monoisotopic (exact) mass is 369 g/mol. The van der Waals surface area contributed by atoms with E-state index in [0.717, 1.165) is 46.3 Å². The van der Waals surface area contributed by atoms with E-state index in [1.54, 1.807) is 17.5 Å². The molecule has 0 atom stereocenters. The summed E-state index contributed by atoms with van der Waals surface area (Å²) >= 11 is 1.61. The van der Waals surface area contributed by atoms with E-state index in [1.807, 2.05) is 17.8 Å². The molecule has 2 aliphatic rings. The van der Waals surface area contributed by atoms with Crippen molar-refractivity contribution in [3.05, 3.63) is 34.2 Å². The van der Waals surface area contributed by atoms with Crippen LogP contribution in [-0.4, -0.2) is 41.6 Å². The van der Waals surface area contributed by atoms with Crippen LogP contribution in [0.5, 0.6) is 0 Å². The van der Waals surface area contributed by atoms with Crippen LogP contribution < -0.4 is 4.90 Å². The molecule has 1 aliphatic carbocycles. The summed E-state index contributed by atoms with van der Waals surface area (Å²) in [5, 5.41) is 1.12. The zero-order valence-electron chi connectivity index (χ0n) is 15.5. The van der Waals surface area contributed by atoms with Gasteiger partial charge in [0.05, 0.1) is 23.7 Å². The maximum absolute atomic E-state index is 12.7. The standard InChI is InChI=1S/C20H23N3O2S/c1-20(2)12-15-14(4-5-17-21-6-7-22(17)3)19(23-8-10-25-11-9-23)26-18(15)16(24)13-20/h6-7H,8-13H2,1-3H3. The Balaban J connectivity index is 1.83. The third-order valence-electron chi connectivity index (χ3n) is 4.95. The van der Waals surface area contributed by atoms with Gasteiger partial charge in [-0.25, -0.2) is 4.98 Å². The van der Waals surface area contributed by atoms with Gasteiger partial charge in [0.25, 0.3) is 0 Å². The van der Waals surface area contributed by atoms with E-state index in [2.05, 4.69) is 35.6 Å². The second-order valence-electron chi connectivity index (χ2n) is 7.74. The molecule has 136 valence electrons. The average Bonchev–Trinajstić information content (AvgIpc) is 3.16. The number of imidazole rings is 1. The molecule has 0 spiro atoms. The predicted octanol–water partition coefficient (Wildman–Crippen LogP) is 2.87. The van der Waals surface area contributed by atoms with Crippen molar-refractivity contribution in [1.82, 2.24) is 9.55 Å². The number of aryl methyl sites for hydroxylation is 1. The van der Waals surface area contributed by atoms with Crippen LogP contribution in [0, 0.1) is 17.3 Å². The lowest BCUT2D eigenvalue weighted by Gasteiger charge is -2.29. The first kappa shape index (κ1) is 17.3. The fraction of sp³-hybridized carbons (Fsp3) is 0.500. The molecule has 3 heterocycles. The first-order chi connectivity index (χ1) is 12.4. The number of carbonyl (C=O) groups is 1. The lowest BCUT2D eigenvalue weighted by atomic mass is 9.75.